The number of ketones is 2. The van der Waals surface area contributed by atoms with Gasteiger partial charge in [-0.2, -0.15) is 0 Å². The van der Waals surface area contributed by atoms with E-state index in [-0.39, 0.29) is 201 Å². The van der Waals surface area contributed by atoms with Gasteiger partial charge in [0, 0.05) is 134 Å². The van der Waals surface area contributed by atoms with Crippen molar-refractivity contribution in [2.45, 2.75) is 293 Å². The van der Waals surface area contributed by atoms with Crippen molar-refractivity contribution in [1.29, 1.82) is 0 Å². The molecule has 0 spiro atoms. The van der Waals surface area contributed by atoms with Crippen molar-refractivity contribution in [2.24, 2.45) is 23.2 Å². The maximum atomic E-state index is 14.0. The van der Waals surface area contributed by atoms with Gasteiger partial charge in [0.1, 0.15) is 52.2 Å². The first kappa shape index (κ1) is 94.3. The molecule has 0 aliphatic carbocycles. The van der Waals surface area contributed by atoms with E-state index in [1.165, 1.54) is 0 Å². The van der Waals surface area contributed by atoms with E-state index < -0.39 is 77.8 Å². The number of aliphatic hydroxyl groups excluding tert-OH is 6. The molecule has 6 aliphatic heterocycles. The first-order valence-corrected chi connectivity index (χ1v) is 40.8. The Morgan fingerprint density at radius 2 is 0.636 bits per heavy atom. The van der Waals surface area contributed by atoms with E-state index in [4.69, 9.17) is 56.8 Å². The highest BCUT2D eigenvalue weighted by molar-refractivity contribution is 5.83. The molecule has 0 unspecified atom stereocenters. The number of aliphatic hydroxyl groups is 6. The first-order chi connectivity index (χ1) is 52.6. The number of amides is 6. The van der Waals surface area contributed by atoms with Crippen LogP contribution < -0.4 is 31.9 Å². The van der Waals surface area contributed by atoms with Gasteiger partial charge >= 0.3 is 0 Å². The first-order valence-electron chi connectivity index (χ1n) is 40.8. The zero-order chi connectivity index (χ0) is 80.0. The number of ether oxygens (including phenoxy) is 12. The lowest BCUT2D eigenvalue weighted by Crippen LogP contribution is -2.60. The molecular formula is C78H136N6O26. The average molecular weight is 1570 g/mol. The van der Waals surface area contributed by atoms with Gasteiger partial charge in [-0.3, -0.25) is 38.4 Å². The minimum Gasteiger partial charge on any atom is -0.390 e. The summed E-state index contributed by atoms with van der Waals surface area (Å²) in [7, 11) is 0. The smallest absolute Gasteiger partial charge is 0.222 e. The van der Waals surface area contributed by atoms with Gasteiger partial charge in [0.15, 0.2) is 18.9 Å². The Bertz CT molecular complexity index is 2520. The van der Waals surface area contributed by atoms with Crippen LogP contribution in [0.25, 0.3) is 0 Å². The quantitative estimate of drug-likeness (QED) is 0.0389. The highest BCUT2D eigenvalue weighted by Gasteiger charge is 2.60. The predicted octanol–water partition coefficient (Wildman–Crippen LogP) is 2.69. The van der Waals surface area contributed by atoms with E-state index >= 15 is 0 Å². The molecule has 6 aliphatic rings. The molecule has 0 aromatic carbocycles. The van der Waals surface area contributed by atoms with E-state index in [9.17, 15) is 69.0 Å². The van der Waals surface area contributed by atoms with E-state index in [0.29, 0.717) is 129 Å². The highest BCUT2D eigenvalue weighted by Crippen LogP contribution is 2.43. The summed E-state index contributed by atoms with van der Waals surface area (Å²) in [5, 5.41) is 80.6. The Hall–Kier alpha value is -4.56. The van der Waals surface area contributed by atoms with Crippen LogP contribution in [0.2, 0.25) is 0 Å². The molecule has 0 saturated carbocycles. The number of carbonyl (C=O) groups excluding carboxylic acids is 8. The van der Waals surface area contributed by atoms with Crippen molar-refractivity contribution in [1.82, 2.24) is 31.9 Å². The Morgan fingerprint density at radius 1 is 0.345 bits per heavy atom. The number of rotatable bonds is 61. The molecule has 6 rings (SSSR count). The molecule has 0 aromatic heterocycles. The Morgan fingerprint density at radius 3 is 0.991 bits per heavy atom. The molecule has 0 aromatic rings. The molecule has 0 radical (unpaired) electrons. The zero-order valence-corrected chi connectivity index (χ0v) is 66.5. The monoisotopic (exact) mass is 1570 g/mol. The molecule has 634 valence electrons. The van der Waals surface area contributed by atoms with Crippen LogP contribution in [-0.4, -0.2) is 287 Å². The minimum atomic E-state index is -1.34. The van der Waals surface area contributed by atoms with Gasteiger partial charge in [0.05, 0.1) is 97.6 Å². The summed E-state index contributed by atoms with van der Waals surface area (Å²) in [6.07, 6.45) is 6.53. The van der Waals surface area contributed by atoms with Crippen molar-refractivity contribution in [3.05, 3.63) is 0 Å². The van der Waals surface area contributed by atoms with Crippen LogP contribution >= 0.6 is 0 Å². The van der Waals surface area contributed by atoms with Crippen LogP contribution in [-0.2, 0) is 95.2 Å². The van der Waals surface area contributed by atoms with Crippen LogP contribution in [0.15, 0.2) is 0 Å². The van der Waals surface area contributed by atoms with Gasteiger partial charge in [-0.1, -0.05) is 80.1 Å². The van der Waals surface area contributed by atoms with Crippen molar-refractivity contribution < 1.29 is 126 Å². The number of unbranched alkanes of at least 4 members (excludes halogenated alkanes) is 11. The van der Waals surface area contributed by atoms with E-state index in [0.717, 1.165) is 44.9 Å². The lowest BCUT2D eigenvalue weighted by atomic mass is 9.86. The summed E-state index contributed by atoms with van der Waals surface area (Å²) in [5.41, 5.74) is -5.04. The maximum Gasteiger partial charge on any atom is 0.222 e. The van der Waals surface area contributed by atoms with Crippen LogP contribution in [0.3, 0.4) is 0 Å². The van der Waals surface area contributed by atoms with Gasteiger partial charge in [-0.25, -0.2) is 0 Å². The molecule has 6 amide bonds. The predicted molar refractivity (Wildman–Crippen MR) is 399 cm³/mol. The van der Waals surface area contributed by atoms with Crippen molar-refractivity contribution in [3.8, 4) is 0 Å². The maximum absolute atomic E-state index is 14.0. The van der Waals surface area contributed by atoms with E-state index in [2.05, 4.69) is 31.9 Å². The summed E-state index contributed by atoms with van der Waals surface area (Å²) < 4.78 is 70.3. The number of carbonyl (C=O) groups is 8. The van der Waals surface area contributed by atoms with Crippen molar-refractivity contribution in [2.75, 3.05) is 132 Å². The van der Waals surface area contributed by atoms with Crippen molar-refractivity contribution >= 4 is 47.0 Å². The van der Waals surface area contributed by atoms with Crippen molar-refractivity contribution in [3.63, 3.8) is 0 Å². The number of fused-ring (bicyclic) bond motifs is 6. The molecule has 6 saturated heterocycles. The second-order valence-corrected chi connectivity index (χ2v) is 32.2. The third-order valence-electron chi connectivity index (χ3n) is 21.5. The summed E-state index contributed by atoms with van der Waals surface area (Å²) in [4.78, 5) is 103. The lowest BCUT2D eigenvalue weighted by molar-refractivity contribution is -0.248. The van der Waals surface area contributed by atoms with Crippen LogP contribution in [0, 0.1) is 23.2 Å². The lowest BCUT2D eigenvalue weighted by Gasteiger charge is -2.41. The molecular weight excluding hydrogens is 1440 g/mol. The number of nitrogens with one attached hydrogen (secondary N) is 6. The average Bonchev–Trinajstić information content (AvgIpc) is 1.61. The number of hydrogen-bond donors (Lipinski definition) is 12. The summed E-state index contributed by atoms with van der Waals surface area (Å²) in [6, 6.07) is 0. The second-order valence-electron chi connectivity index (χ2n) is 32.2. The normalized spacial score (nSPS) is 27.5. The summed E-state index contributed by atoms with van der Waals surface area (Å²) in [6.45, 7) is 13.5. The van der Waals surface area contributed by atoms with Crippen LogP contribution in [0.4, 0.5) is 0 Å². The zero-order valence-electron chi connectivity index (χ0n) is 66.5. The summed E-state index contributed by atoms with van der Waals surface area (Å²) >= 11 is 0. The van der Waals surface area contributed by atoms with Gasteiger partial charge in [0.2, 0.25) is 35.4 Å². The second kappa shape index (κ2) is 49.4. The molecule has 12 N–H and O–H groups in total. The van der Waals surface area contributed by atoms with Gasteiger partial charge in [-0.15, -0.1) is 0 Å². The molecule has 6 bridgehead atoms. The van der Waals surface area contributed by atoms with Gasteiger partial charge in [-0.05, 0) is 77.0 Å². The molecule has 32 nitrogen and oxygen atoms in total. The van der Waals surface area contributed by atoms with E-state index in [1.807, 2.05) is 20.8 Å². The molecule has 6 heterocycles. The van der Waals surface area contributed by atoms with Gasteiger partial charge in [0.25, 0.3) is 0 Å². The largest absolute Gasteiger partial charge is 0.390 e. The summed E-state index contributed by atoms with van der Waals surface area (Å²) in [5.74, 6) is -2.23. The fraction of sp³-hybridized carbons (Fsp3) is 0.897. The number of hydrogen-bond acceptors (Lipinski definition) is 26. The topological polar surface area (TPSA) is 441 Å². The Kier molecular flexibility index (Phi) is 42.3. The van der Waals surface area contributed by atoms with Crippen LogP contribution in [0.1, 0.15) is 215 Å². The minimum absolute atomic E-state index is 0.0256. The van der Waals surface area contributed by atoms with Crippen LogP contribution in [0.5, 0.6) is 0 Å². The molecule has 6 fully saturated rings. The number of Topliss-reactive ketones (excluding diaryl/α,β-unsaturated/α-hetero) is 2. The molecule has 110 heavy (non-hydrogen) atoms. The highest BCUT2D eigenvalue weighted by atomic mass is 16.8. The Balaban J connectivity index is 0.917. The Labute approximate surface area is 650 Å². The van der Waals surface area contributed by atoms with Gasteiger partial charge < -0.3 is 119 Å². The fourth-order valence-electron chi connectivity index (χ4n) is 14.0. The molecule has 32 heteroatoms. The third kappa shape index (κ3) is 31.9. The SMILES string of the molecule is C[C@H]1[C@H]2OC[C@](COCCCCC(=O)CCCCNC(=O)CCOCC(COCCC(=O)NCCCNC(=O)CCCCOC[C@@]34CO[C@@H](O3)[C@H](C)[C@@H](O)[C@H]4O)(COCCC(=O)NCCCNC(=O)CCCCOC[C@@]34CO[C@@H](O3)[C@H](C)[C@@H](O)[C@H]4O)NC(=O)CCCCCCCCCCC(=O)C(C)(C)C)(O2)[C@H](O)[C@@H]1O. The standard InChI is InChI=1S/C78H136N6O26/c1-54-65(93)68(96)76(51-105-71(54)108-76)48-99-39-20-16-26-57(85)25-15-19-34-79-61(89)31-42-102-45-75(84-64(92)30-14-12-10-8-7-9-11-13-27-58(86)74(4,5)6,46-103-43-32-62(90)82-37-23-35-80-59(87)28-17-21-40-100-49-77-52-106-72(109-77)55(2)66(94)69(77)97)47-104-44-33-63(91)83-38-24-36-81-60(88)29-18-22-41-101-50-78-53-107-73(110-78)56(3)67(95)70(78)98/h54-56,65-73,93-98H,7-53H2,1-6H3,(H,79,89)(H,80,87)(H,81,88)(H,82,90)(H,83,91)(H,84,92)/t54-,55-,56-,65-,66-,67-,68-,69-,70-,71+,72+,73+,76+,77+,78+/m1/s1. The fourth-order valence-corrected chi connectivity index (χ4v) is 14.0. The molecule has 15 atom stereocenters. The van der Waals surface area contributed by atoms with E-state index in [1.54, 1.807) is 20.8 Å². The third-order valence-corrected chi connectivity index (χ3v) is 21.5.